The van der Waals surface area contributed by atoms with E-state index in [1.807, 2.05) is 6.92 Å². The molecule has 1 saturated carbocycles. The molecule has 0 N–H and O–H groups in total. The highest BCUT2D eigenvalue weighted by molar-refractivity contribution is 7.91. The van der Waals surface area contributed by atoms with Crippen molar-refractivity contribution in [3.8, 4) is 0 Å². The van der Waals surface area contributed by atoms with Crippen molar-refractivity contribution in [1.29, 1.82) is 0 Å². The van der Waals surface area contributed by atoms with Crippen LogP contribution in [0.25, 0.3) is 0 Å². The normalized spacial score (nSPS) is 15.4. The molecule has 0 saturated heterocycles. The van der Waals surface area contributed by atoms with Crippen molar-refractivity contribution in [3.05, 3.63) is 29.8 Å². The van der Waals surface area contributed by atoms with Crippen LogP contribution in [0.5, 0.6) is 0 Å². The summed E-state index contributed by atoms with van der Waals surface area (Å²) in [4.78, 5) is 13.9. The zero-order valence-corrected chi connectivity index (χ0v) is 16.3. The minimum Gasteiger partial charge on any atom is -0.339 e. The van der Waals surface area contributed by atoms with E-state index in [0.29, 0.717) is 12.1 Å². The molecule has 2 rings (SSSR count). The highest BCUT2D eigenvalue weighted by Gasteiger charge is 2.33. The lowest BCUT2D eigenvalue weighted by Crippen LogP contribution is -2.37. The molecule has 140 valence electrons. The molecule has 25 heavy (non-hydrogen) atoms. The Bertz CT molecular complexity index is 843. The Morgan fingerprint density at radius 2 is 1.80 bits per heavy atom. The van der Waals surface area contributed by atoms with Crippen molar-refractivity contribution in [2.24, 2.45) is 0 Å². The number of carbonyl (C=O) groups excluding carboxylic acids is 1. The molecule has 0 atom stereocenters. The first-order valence-corrected chi connectivity index (χ1v) is 11.3. The lowest BCUT2D eigenvalue weighted by molar-refractivity contribution is -0.128. The summed E-state index contributed by atoms with van der Waals surface area (Å²) in [5.74, 6) is -1.30. The maximum atomic E-state index is 12.4. The number of nitrogens with zero attached hydrogens (tertiary/aromatic N) is 2. The fourth-order valence-electron chi connectivity index (χ4n) is 2.61. The number of hydrogen-bond donors (Lipinski definition) is 0. The molecule has 7 nitrogen and oxygen atoms in total. The van der Waals surface area contributed by atoms with E-state index in [1.54, 1.807) is 11.0 Å². The van der Waals surface area contributed by atoms with Gasteiger partial charge in [0.15, 0.2) is 9.84 Å². The number of sulfonamides is 1. The SMILES string of the molecule is CCN(C(=O)CS(=O)(=O)Cc1cccc(S(=O)(=O)N(C)C)c1)C1CC1. The zero-order valence-electron chi connectivity index (χ0n) is 14.7. The molecule has 0 aliphatic heterocycles. The summed E-state index contributed by atoms with van der Waals surface area (Å²) in [5, 5.41) is 0. The summed E-state index contributed by atoms with van der Waals surface area (Å²) < 4.78 is 50.1. The van der Waals surface area contributed by atoms with Gasteiger partial charge in [-0.2, -0.15) is 0 Å². The Labute approximate surface area is 149 Å². The van der Waals surface area contributed by atoms with Crippen LogP contribution in [-0.4, -0.2) is 64.4 Å². The van der Waals surface area contributed by atoms with Crippen molar-refractivity contribution >= 4 is 25.8 Å². The Balaban J connectivity index is 2.14. The van der Waals surface area contributed by atoms with Gasteiger partial charge in [0.2, 0.25) is 15.9 Å². The fraction of sp³-hybridized carbons (Fsp3) is 0.562. The van der Waals surface area contributed by atoms with Gasteiger partial charge in [-0.3, -0.25) is 4.79 Å². The summed E-state index contributed by atoms with van der Waals surface area (Å²) in [6.45, 7) is 2.33. The maximum absolute atomic E-state index is 12.4. The first kappa shape index (κ1) is 19.9. The van der Waals surface area contributed by atoms with Crippen molar-refractivity contribution in [1.82, 2.24) is 9.21 Å². The van der Waals surface area contributed by atoms with Gasteiger partial charge in [-0.15, -0.1) is 0 Å². The van der Waals surface area contributed by atoms with Crippen LogP contribution in [0, 0.1) is 0 Å². The monoisotopic (exact) mass is 388 g/mol. The molecule has 1 aromatic carbocycles. The van der Waals surface area contributed by atoms with Crippen LogP contribution in [0.1, 0.15) is 25.3 Å². The summed E-state index contributed by atoms with van der Waals surface area (Å²) >= 11 is 0. The number of amides is 1. The van der Waals surface area contributed by atoms with Crippen molar-refractivity contribution in [2.45, 2.75) is 36.5 Å². The minimum absolute atomic E-state index is 0.0321. The van der Waals surface area contributed by atoms with Crippen LogP contribution in [0.3, 0.4) is 0 Å². The van der Waals surface area contributed by atoms with E-state index < -0.39 is 25.6 Å². The summed E-state index contributed by atoms with van der Waals surface area (Å²) in [6, 6.07) is 5.99. The van der Waals surface area contributed by atoms with E-state index in [9.17, 15) is 21.6 Å². The molecule has 1 aliphatic carbocycles. The highest BCUT2D eigenvalue weighted by atomic mass is 32.2. The average Bonchev–Trinajstić information content (AvgIpc) is 3.31. The molecule has 0 heterocycles. The lowest BCUT2D eigenvalue weighted by Gasteiger charge is -2.20. The van der Waals surface area contributed by atoms with E-state index in [2.05, 4.69) is 0 Å². The maximum Gasteiger partial charge on any atom is 0.242 e. The molecular weight excluding hydrogens is 364 g/mol. The second-order valence-corrected chi connectivity index (χ2v) is 10.6. The van der Waals surface area contributed by atoms with Crippen LogP contribution in [-0.2, 0) is 30.4 Å². The van der Waals surface area contributed by atoms with E-state index in [4.69, 9.17) is 0 Å². The van der Waals surface area contributed by atoms with Crippen LogP contribution in [0.2, 0.25) is 0 Å². The quantitative estimate of drug-likeness (QED) is 0.659. The predicted octanol–water partition coefficient (Wildman–Crippen LogP) is 0.863. The summed E-state index contributed by atoms with van der Waals surface area (Å²) in [5.41, 5.74) is 0.352. The zero-order chi connectivity index (χ0) is 18.8. The van der Waals surface area contributed by atoms with Gasteiger partial charge in [0.25, 0.3) is 0 Å². The number of carbonyl (C=O) groups is 1. The van der Waals surface area contributed by atoms with E-state index >= 15 is 0 Å². The Kier molecular flexibility index (Phi) is 5.90. The Morgan fingerprint density at radius 3 is 2.32 bits per heavy atom. The number of hydrogen-bond acceptors (Lipinski definition) is 5. The minimum atomic E-state index is -3.68. The first-order valence-electron chi connectivity index (χ1n) is 8.08. The first-order chi connectivity index (χ1) is 11.6. The molecule has 0 unspecified atom stereocenters. The Morgan fingerprint density at radius 1 is 1.16 bits per heavy atom. The molecule has 1 aliphatic rings. The standard InChI is InChI=1S/C16H24N2O5S2/c1-4-18(14-8-9-14)16(19)12-24(20,21)11-13-6-5-7-15(10-13)25(22,23)17(2)3/h5-7,10,14H,4,8-9,11-12H2,1-3H3. The number of rotatable bonds is 8. The molecule has 9 heteroatoms. The van der Waals surface area contributed by atoms with Crippen LogP contribution >= 0.6 is 0 Å². The van der Waals surface area contributed by atoms with Gasteiger partial charge in [-0.05, 0) is 37.5 Å². The van der Waals surface area contributed by atoms with Gasteiger partial charge in [-0.25, -0.2) is 21.1 Å². The molecule has 1 fully saturated rings. The van der Waals surface area contributed by atoms with Crippen molar-refractivity contribution in [2.75, 3.05) is 26.4 Å². The fourth-order valence-corrected chi connectivity index (χ4v) is 4.91. The molecule has 0 aromatic heterocycles. The molecular formula is C16H24N2O5S2. The van der Waals surface area contributed by atoms with Gasteiger partial charge in [0.05, 0.1) is 10.6 Å². The van der Waals surface area contributed by atoms with E-state index in [-0.39, 0.29) is 22.6 Å². The van der Waals surface area contributed by atoms with Gasteiger partial charge in [0, 0.05) is 26.7 Å². The van der Waals surface area contributed by atoms with E-state index in [0.717, 1.165) is 17.1 Å². The van der Waals surface area contributed by atoms with Crippen LogP contribution in [0.4, 0.5) is 0 Å². The molecule has 0 radical (unpaired) electrons. The smallest absolute Gasteiger partial charge is 0.242 e. The van der Waals surface area contributed by atoms with Gasteiger partial charge in [0.1, 0.15) is 5.75 Å². The van der Waals surface area contributed by atoms with Gasteiger partial charge < -0.3 is 4.90 Å². The third-order valence-corrected chi connectivity index (χ3v) is 7.33. The summed E-state index contributed by atoms with van der Waals surface area (Å²) in [7, 11) is -4.49. The molecule has 0 spiro atoms. The molecule has 1 aromatic rings. The number of sulfone groups is 1. The summed E-state index contributed by atoms with van der Waals surface area (Å²) in [6.07, 6.45) is 1.84. The second kappa shape index (κ2) is 7.43. The van der Waals surface area contributed by atoms with E-state index in [1.165, 1.54) is 32.3 Å². The molecule has 1 amide bonds. The van der Waals surface area contributed by atoms with Gasteiger partial charge >= 0.3 is 0 Å². The predicted molar refractivity (Wildman–Crippen MR) is 95.2 cm³/mol. The van der Waals surface area contributed by atoms with Crippen LogP contribution in [0.15, 0.2) is 29.2 Å². The third-order valence-electron chi connectivity index (χ3n) is 4.06. The highest BCUT2D eigenvalue weighted by Crippen LogP contribution is 2.27. The van der Waals surface area contributed by atoms with Crippen molar-refractivity contribution < 1.29 is 21.6 Å². The number of benzene rings is 1. The average molecular weight is 389 g/mol. The van der Waals surface area contributed by atoms with Crippen LogP contribution < -0.4 is 0 Å². The van der Waals surface area contributed by atoms with Crippen molar-refractivity contribution in [3.63, 3.8) is 0 Å². The Hall–Kier alpha value is -1.45. The topological polar surface area (TPSA) is 91.8 Å². The molecule has 0 bridgehead atoms. The second-order valence-electron chi connectivity index (χ2n) is 6.38. The lowest BCUT2D eigenvalue weighted by atomic mass is 10.2. The largest absolute Gasteiger partial charge is 0.339 e. The van der Waals surface area contributed by atoms with Gasteiger partial charge in [-0.1, -0.05) is 12.1 Å². The third kappa shape index (κ3) is 5.02.